The number of anilines is 1. The zero-order valence-electron chi connectivity index (χ0n) is 26.3. The van der Waals surface area contributed by atoms with Crippen molar-refractivity contribution in [1.29, 1.82) is 0 Å². The molecular formula is C34H42ClN3O6S. The summed E-state index contributed by atoms with van der Waals surface area (Å²) in [5, 5.41) is 3.70. The van der Waals surface area contributed by atoms with Crippen molar-refractivity contribution >= 4 is 39.1 Å². The first kappa shape index (κ1) is 34.1. The second kappa shape index (κ2) is 15.5. The molecule has 0 spiro atoms. The average molecular weight is 656 g/mol. The second-order valence-electron chi connectivity index (χ2n) is 11.3. The van der Waals surface area contributed by atoms with Gasteiger partial charge in [0.05, 0.1) is 24.8 Å². The summed E-state index contributed by atoms with van der Waals surface area (Å²) in [4.78, 5) is 29.6. The molecule has 4 rings (SSSR count). The topological polar surface area (TPSA) is 105 Å². The highest BCUT2D eigenvalue weighted by atomic mass is 35.5. The van der Waals surface area contributed by atoms with E-state index in [4.69, 9.17) is 21.1 Å². The van der Waals surface area contributed by atoms with Crippen molar-refractivity contribution in [3.05, 3.63) is 82.9 Å². The molecule has 45 heavy (non-hydrogen) atoms. The number of ether oxygens (including phenoxy) is 2. The lowest BCUT2D eigenvalue weighted by Crippen LogP contribution is -2.54. The van der Waals surface area contributed by atoms with E-state index in [0.717, 1.165) is 47.5 Å². The first-order valence-electron chi connectivity index (χ1n) is 15.2. The predicted molar refractivity (Wildman–Crippen MR) is 176 cm³/mol. The summed E-state index contributed by atoms with van der Waals surface area (Å²) in [6.07, 6.45) is 5.36. The summed E-state index contributed by atoms with van der Waals surface area (Å²) < 4.78 is 40.5. The lowest BCUT2D eigenvalue weighted by Gasteiger charge is -2.34. The Kier molecular flexibility index (Phi) is 11.7. The van der Waals surface area contributed by atoms with Crippen LogP contribution < -0.4 is 19.1 Å². The number of halogens is 1. The summed E-state index contributed by atoms with van der Waals surface area (Å²) >= 11 is 6.13. The van der Waals surface area contributed by atoms with Gasteiger partial charge in [-0.05, 0) is 68.1 Å². The summed E-state index contributed by atoms with van der Waals surface area (Å²) in [5.74, 6) is -0.168. The molecule has 0 radical (unpaired) electrons. The van der Waals surface area contributed by atoms with E-state index in [9.17, 15) is 18.0 Å². The molecule has 2 amide bonds. The van der Waals surface area contributed by atoms with Crippen LogP contribution in [0.5, 0.6) is 11.5 Å². The van der Waals surface area contributed by atoms with E-state index in [0.29, 0.717) is 17.2 Å². The maximum Gasteiger partial charge on any atom is 0.264 e. The number of carbonyl (C=O) groups excluding carboxylic acids is 2. The number of nitrogens with zero attached hydrogens (tertiary/aromatic N) is 2. The van der Waals surface area contributed by atoms with Crippen molar-refractivity contribution in [3.8, 4) is 11.5 Å². The Labute approximate surface area is 271 Å². The second-order valence-corrected chi connectivity index (χ2v) is 13.6. The Morgan fingerprint density at radius 3 is 2.22 bits per heavy atom. The van der Waals surface area contributed by atoms with Gasteiger partial charge in [-0.25, -0.2) is 8.42 Å². The lowest BCUT2D eigenvalue weighted by atomic mass is 9.95. The number of nitrogens with one attached hydrogen (secondary N) is 1. The molecular weight excluding hydrogens is 614 g/mol. The standard InChI is InChI=1S/C34H42ClN3O6S/c1-5-30(34(40)36-27-9-7-6-8-10-27)37(22-25-13-15-26(35)16-14-25)33(39)23-38(31-21-28(43-3)17-20-32(31)44-4)45(41,42)29-18-11-24(2)12-19-29/h11-21,27,30H,5-10,22-23H2,1-4H3,(H,36,40)/t30-/m0/s1. The smallest absolute Gasteiger partial charge is 0.264 e. The van der Waals surface area contributed by atoms with Gasteiger partial charge in [0.1, 0.15) is 24.1 Å². The van der Waals surface area contributed by atoms with Crippen LogP contribution >= 0.6 is 11.6 Å². The number of methoxy groups -OCH3 is 2. The number of amides is 2. The van der Waals surface area contributed by atoms with Crippen LogP contribution in [0.2, 0.25) is 5.02 Å². The maximum atomic E-state index is 14.4. The number of rotatable bonds is 13. The van der Waals surface area contributed by atoms with Crippen LogP contribution in [0.25, 0.3) is 0 Å². The van der Waals surface area contributed by atoms with Gasteiger partial charge in [-0.1, -0.05) is 67.6 Å². The van der Waals surface area contributed by atoms with Gasteiger partial charge in [0.15, 0.2) is 0 Å². The number of hydrogen-bond acceptors (Lipinski definition) is 6. The molecule has 9 nitrogen and oxygen atoms in total. The van der Waals surface area contributed by atoms with Crippen LogP contribution in [0.3, 0.4) is 0 Å². The summed E-state index contributed by atoms with van der Waals surface area (Å²) in [6, 6.07) is 17.4. The fraction of sp³-hybridized carbons (Fsp3) is 0.412. The van der Waals surface area contributed by atoms with Gasteiger partial charge in [-0.15, -0.1) is 0 Å². The number of hydrogen-bond donors (Lipinski definition) is 1. The van der Waals surface area contributed by atoms with Crippen molar-refractivity contribution in [3.63, 3.8) is 0 Å². The lowest BCUT2D eigenvalue weighted by molar-refractivity contribution is -0.140. The highest BCUT2D eigenvalue weighted by molar-refractivity contribution is 7.92. The van der Waals surface area contributed by atoms with E-state index in [1.807, 2.05) is 13.8 Å². The third-order valence-corrected chi connectivity index (χ3v) is 10.2. The largest absolute Gasteiger partial charge is 0.497 e. The molecule has 1 N–H and O–H groups in total. The van der Waals surface area contributed by atoms with Crippen LogP contribution in [-0.2, 0) is 26.2 Å². The summed E-state index contributed by atoms with van der Waals surface area (Å²) in [7, 11) is -1.38. The fourth-order valence-corrected chi connectivity index (χ4v) is 7.14. The molecule has 1 aliphatic carbocycles. The number of aryl methyl sites for hydroxylation is 1. The minimum Gasteiger partial charge on any atom is -0.497 e. The Bertz CT molecular complexity index is 1560. The van der Waals surface area contributed by atoms with Gasteiger partial charge in [-0.2, -0.15) is 0 Å². The van der Waals surface area contributed by atoms with Crippen molar-refractivity contribution in [1.82, 2.24) is 10.2 Å². The van der Waals surface area contributed by atoms with E-state index in [2.05, 4.69) is 5.32 Å². The van der Waals surface area contributed by atoms with Gasteiger partial charge in [0, 0.05) is 23.7 Å². The van der Waals surface area contributed by atoms with E-state index in [1.54, 1.807) is 48.5 Å². The average Bonchev–Trinajstić information content (AvgIpc) is 3.04. The van der Waals surface area contributed by atoms with Crippen molar-refractivity contribution in [2.24, 2.45) is 0 Å². The summed E-state index contributed by atoms with van der Waals surface area (Å²) in [5.41, 5.74) is 1.78. The maximum absolute atomic E-state index is 14.4. The van der Waals surface area contributed by atoms with Crippen molar-refractivity contribution in [2.45, 2.75) is 75.9 Å². The zero-order valence-corrected chi connectivity index (χ0v) is 27.9. The molecule has 1 fully saturated rings. The zero-order chi connectivity index (χ0) is 32.6. The van der Waals surface area contributed by atoms with Gasteiger partial charge in [-0.3, -0.25) is 13.9 Å². The number of sulfonamides is 1. The van der Waals surface area contributed by atoms with Crippen LogP contribution in [0.4, 0.5) is 5.69 Å². The minimum absolute atomic E-state index is 0.0112. The van der Waals surface area contributed by atoms with E-state index in [-0.39, 0.29) is 34.8 Å². The fourth-order valence-electron chi connectivity index (χ4n) is 5.59. The Balaban J connectivity index is 1.77. The van der Waals surface area contributed by atoms with Crippen LogP contribution in [-0.4, -0.2) is 58.0 Å². The predicted octanol–water partition coefficient (Wildman–Crippen LogP) is 6.12. The molecule has 1 saturated carbocycles. The van der Waals surface area contributed by atoms with Gasteiger partial charge < -0.3 is 19.7 Å². The van der Waals surface area contributed by atoms with Crippen LogP contribution in [0.1, 0.15) is 56.6 Å². The van der Waals surface area contributed by atoms with Gasteiger partial charge >= 0.3 is 0 Å². The number of carbonyl (C=O) groups is 2. The normalized spacial score (nSPS) is 14.3. The first-order chi connectivity index (χ1) is 21.6. The highest BCUT2D eigenvalue weighted by Crippen LogP contribution is 2.36. The monoisotopic (exact) mass is 655 g/mol. The molecule has 3 aromatic carbocycles. The SMILES string of the molecule is CC[C@@H](C(=O)NC1CCCCC1)N(Cc1ccc(Cl)cc1)C(=O)CN(c1cc(OC)ccc1OC)S(=O)(=O)c1ccc(C)cc1. The van der Waals surface area contributed by atoms with Crippen molar-refractivity contribution in [2.75, 3.05) is 25.1 Å². The molecule has 0 bridgehead atoms. The Morgan fingerprint density at radius 1 is 0.956 bits per heavy atom. The first-order valence-corrected chi connectivity index (χ1v) is 17.0. The molecule has 242 valence electrons. The van der Waals surface area contributed by atoms with Crippen molar-refractivity contribution < 1.29 is 27.5 Å². The van der Waals surface area contributed by atoms with E-state index in [1.165, 1.54) is 37.3 Å². The molecule has 0 unspecified atom stereocenters. The minimum atomic E-state index is -4.28. The molecule has 0 heterocycles. The molecule has 1 aliphatic rings. The molecule has 3 aromatic rings. The van der Waals surface area contributed by atoms with E-state index >= 15 is 0 Å². The van der Waals surface area contributed by atoms with Gasteiger partial charge in [0.25, 0.3) is 10.0 Å². The molecule has 0 aliphatic heterocycles. The van der Waals surface area contributed by atoms with E-state index < -0.39 is 28.5 Å². The van der Waals surface area contributed by atoms with Crippen LogP contribution in [0.15, 0.2) is 71.6 Å². The Morgan fingerprint density at radius 2 is 1.62 bits per heavy atom. The molecule has 0 saturated heterocycles. The van der Waals surface area contributed by atoms with Crippen LogP contribution in [0, 0.1) is 6.92 Å². The quantitative estimate of drug-likeness (QED) is 0.238. The molecule has 11 heteroatoms. The number of benzene rings is 3. The Hall–Kier alpha value is -3.76. The third kappa shape index (κ3) is 8.49. The summed E-state index contributed by atoms with van der Waals surface area (Å²) in [6.45, 7) is 3.21. The van der Waals surface area contributed by atoms with Gasteiger partial charge in [0.2, 0.25) is 11.8 Å². The molecule has 1 atom stereocenters. The highest BCUT2D eigenvalue weighted by Gasteiger charge is 2.35. The third-order valence-electron chi connectivity index (χ3n) is 8.15. The molecule has 0 aromatic heterocycles.